The van der Waals surface area contributed by atoms with Gasteiger partial charge in [0, 0.05) is 19.1 Å². The molecule has 1 aliphatic carbocycles. The van der Waals surface area contributed by atoms with Gasteiger partial charge in [-0.3, -0.25) is 0 Å². The average molecular weight is 407 g/mol. The predicted octanol–water partition coefficient (Wildman–Crippen LogP) is 4.18. The number of hydrogen-bond acceptors (Lipinski definition) is 5. The molecule has 1 N–H and O–H groups in total. The molecule has 0 bridgehead atoms. The van der Waals surface area contributed by atoms with Gasteiger partial charge in [0.2, 0.25) is 0 Å². The maximum atomic E-state index is 10.3. The topological polar surface area (TPSA) is 45.2 Å². The van der Waals surface area contributed by atoms with Gasteiger partial charge in [-0.15, -0.1) is 0 Å². The molecule has 0 amide bonds. The average Bonchev–Trinajstić information content (AvgIpc) is 3.20. The molecule has 1 fully saturated rings. The van der Waals surface area contributed by atoms with E-state index < -0.39 is 6.10 Å². The van der Waals surface area contributed by atoms with Crippen LogP contribution in [0.1, 0.15) is 57.9 Å². The van der Waals surface area contributed by atoms with Crippen molar-refractivity contribution in [1.82, 2.24) is 9.80 Å². The Hall–Kier alpha value is -1.30. The van der Waals surface area contributed by atoms with E-state index in [-0.39, 0.29) is 6.61 Å². The number of methoxy groups -OCH3 is 1. The molecule has 5 nitrogen and oxygen atoms in total. The van der Waals surface area contributed by atoms with Crippen LogP contribution in [-0.4, -0.2) is 68.0 Å². The van der Waals surface area contributed by atoms with Gasteiger partial charge in [0.25, 0.3) is 0 Å². The molecule has 0 heterocycles. The molecular formula is C24H42N2O3. The molecule has 1 aromatic carbocycles. The number of aliphatic hydroxyl groups is 1. The van der Waals surface area contributed by atoms with Crippen LogP contribution in [0.4, 0.5) is 0 Å². The van der Waals surface area contributed by atoms with E-state index in [1.165, 1.54) is 44.1 Å². The fourth-order valence-corrected chi connectivity index (χ4v) is 4.05. The fraction of sp³-hybridized carbons (Fsp3) is 0.750. The number of ether oxygens (including phenoxy) is 2. The third kappa shape index (κ3) is 8.53. The Morgan fingerprint density at radius 2 is 1.86 bits per heavy atom. The fourth-order valence-electron chi connectivity index (χ4n) is 4.05. The molecule has 1 aromatic rings. The summed E-state index contributed by atoms with van der Waals surface area (Å²) in [6, 6.07) is 6.50. The molecule has 29 heavy (non-hydrogen) atoms. The van der Waals surface area contributed by atoms with Gasteiger partial charge >= 0.3 is 0 Å². The Bertz CT molecular complexity index is 587. The summed E-state index contributed by atoms with van der Waals surface area (Å²) in [5.41, 5.74) is 1.21. The summed E-state index contributed by atoms with van der Waals surface area (Å²) in [6.45, 7) is 7.09. The van der Waals surface area contributed by atoms with E-state index >= 15 is 0 Å². The number of benzene rings is 1. The molecule has 0 aliphatic heterocycles. The minimum Gasteiger partial charge on any atom is -0.493 e. The molecule has 1 aliphatic rings. The number of hydrogen-bond donors (Lipinski definition) is 1. The van der Waals surface area contributed by atoms with Crippen molar-refractivity contribution in [3.05, 3.63) is 23.8 Å². The zero-order valence-electron chi connectivity index (χ0n) is 19.2. The Labute approximate surface area is 178 Å². The highest BCUT2D eigenvalue weighted by Crippen LogP contribution is 2.30. The van der Waals surface area contributed by atoms with E-state index in [4.69, 9.17) is 9.47 Å². The molecule has 166 valence electrons. The highest BCUT2D eigenvalue weighted by atomic mass is 16.5. The van der Waals surface area contributed by atoms with Crippen LogP contribution in [0.5, 0.6) is 11.5 Å². The van der Waals surface area contributed by atoms with Crippen molar-refractivity contribution in [2.75, 3.05) is 40.9 Å². The normalized spacial score (nSPS) is 16.2. The number of aliphatic hydroxyl groups excluding tert-OH is 1. The van der Waals surface area contributed by atoms with Crippen molar-refractivity contribution in [2.24, 2.45) is 5.92 Å². The van der Waals surface area contributed by atoms with Crippen molar-refractivity contribution in [3.63, 3.8) is 0 Å². The summed E-state index contributed by atoms with van der Waals surface area (Å²) in [7, 11) is 5.85. The summed E-state index contributed by atoms with van der Waals surface area (Å²) in [4.78, 5) is 4.50. The zero-order chi connectivity index (χ0) is 21.2. The summed E-state index contributed by atoms with van der Waals surface area (Å²) < 4.78 is 11.4. The largest absolute Gasteiger partial charge is 0.493 e. The van der Waals surface area contributed by atoms with Gasteiger partial charge in [-0.2, -0.15) is 0 Å². The standard InChI is InChI=1S/C24H42N2O3/c1-19(2)26(4)17-22(27)18-29-24-15-21(12-13-23(24)28-5)16-25(3)14-8-11-20-9-6-7-10-20/h12-13,15,19-20,22,27H,6-11,14,16-18H2,1-5H3/t22-/m0/s1. The van der Waals surface area contributed by atoms with E-state index in [0.717, 1.165) is 19.0 Å². The molecule has 0 radical (unpaired) electrons. The molecule has 0 aromatic heterocycles. The first-order chi connectivity index (χ1) is 13.9. The van der Waals surface area contributed by atoms with Gasteiger partial charge < -0.3 is 24.4 Å². The summed E-state index contributed by atoms with van der Waals surface area (Å²) >= 11 is 0. The van der Waals surface area contributed by atoms with Crippen molar-refractivity contribution >= 4 is 0 Å². The summed E-state index contributed by atoms with van der Waals surface area (Å²) in [6.07, 6.45) is 7.83. The second-order valence-electron chi connectivity index (χ2n) is 9.01. The molecule has 2 rings (SSSR count). The van der Waals surface area contributed by atoms with E-state index in [0.29, 0.717) is 24.1 Å². The van der Waals surface area contributed by atoms with E-state index in [2.05, 4.69) is 36.8 Å². The SMILES string of the molecule is COc1ccc(CN(C)CCCC2CCCC2)cc1OC[C@@H](O)CN(C)C(C)C. The molecule has 0 spiro atoms. The first kappa shape index (κ1) is 24.0. The van der Waals surface area contributed by atoms with Gasteiger partial charge in [-0.1, -0.05) is 31.7 Å². The third-order valence-corrected chi connectivity index (χ3v) is 6.12. The molecule has 5 heteroatoms. The Morgan fingerprint density at radius 3 is 2.52 bits per heavy atom. The molecule has 0 unspecified atom stereocenters. The summed E-state index contributed by atoms with van der Waals surface area (Å²) in [5, 5.41) is 10.3. The highest BCUT2D eigenvalue weighted by molar-refractivity contribution is 5.43. The Balaban J connectivity index is 1.83. The summed E-state index contributed by atoms with van der Waals surface area (Å²) in [5.74, 6) is 2.38. The lowest BCUT2D eigenvalue weighted by Gasteiger charge is -2.24. The van der Waals surface area contributed by atoms with Gasteiger partial charge in [0.15, 0.2) is 11.5 Å². The Kier molecular flexibility index (Phi) is 10.3. The van der Waals surface area contributed by atoms with Crippen molar-refractivity contribution in [3.8, 4) is 11.5 Å². The van der Waals surface area contributed by atoms with E-state index in [1.807, 2.05) is 19.2 Å². The lowest BCUT2D eigenvalue weighted by molar-refractivity contribution is 0.0668. The van der Waals surface area contributed by atoms with Crippen LogP contribution < -0.4 is 9.47 Å². The monoisotopic (exact) mass is 406 g/mol. The van der Waals surface area contributed by atoms with Gasteiger partial charge in [0.05, 0.1) is 7.11 Å². The smallest absolute Gasteiger partial charge is 0.161 e. The second kappa shape index (κ2) is 12.4. The van der Waals surface area contributed by atoms with Crippen molar-refractivity contribution < 1.29 is 14.6 Å². The van der Waals surface area contributed by atoms with Crippen LogP contribution in [0.15, 0.2) is 18.2 Å². The van der Waals surface area contributed by atoms with Crippen LogP contribution in [0.25, 0.3) is 0 Å². The van der Waals surface area contributed by atoms with Crippen molar-refractivity contribution in [1.29, 1.82) is 0 Å². The minimum absolute atomic E-state index is 0.258. The van der Waals surface area contributed by atoms with Gasteiger partial charge in [-0.05, 0) is 70.9 Å². The van der Waals surface area contributed by atoms with Gasteiger partial charge in [0.1, 0.15) is 12.7 Å². The molecule has 1 saturated carbocycles. The molecule has 0 saturated heterocycles. The zero-order valence-corrected chi connectivity index (χ0v) is 19.2. The van der Waals surface area contributed by atoms with E-state index in [1.54, 1.807) is 7.11 Å². The van der Waals surface area contributed by atoms with Crippen LogP contribution in [0, 0.1) is 5.92 Å². The number of nitrogens with zero attached hydrogens (tertiary/aromatic N) is 2. The van der Waals surface area contributed by atoms with Crippen LogP contribution in [-0.2, 0) is 6.54 Å². The lowest BCUT2D eigenvalue weighted by Crippen LogP contribution is -2.37. The molecular weight excluding hydrogens is 364 g/mol. The quantitative estimate of drug-likeness (QED) is 0.532. The number of rotatable bonds is 13. The number of likely N-dealkylation sites (N-methyl/N-ethyl adjacent to an activating group) is 1. The van der Waals surface area contributed by atoms with Crippen molar-refractivity contribution in [2.45, 2.75) is 71.1 Å². The first-order valence-electron chi connectivity index (χ1n) is 11.3. The van der Waals surface area contributed by atoms with Gasteiger partial charge in [-0.25, -0.2) is 0 Å². The minimum atomic E-state index is -0.533. The van der Waals surface area contributed by atoms with E-state index in [9.17, 15) is 5.11 Å². The van der Waals surface area contributed by atoms with Crippen LogP contribution >= 0.6 is 0 Å². The first-order valence-corrected chi connectivity index (χ1v) is 11.3. The van der Waals surface area contributed by atoms with Crippen LogP contribution in [0.2, 0.25) is 0 Å². The second-order valence-corrected chi connectivity index (χ2v) is 9.01. The maximum absolute atomic E-state index is 10.3. The molecule has 1 atom stereocenters. The highest BCUT2D eigenvalue weighted by Gasteiger charge is 2.16. The lowest BCUT2D eigenvalue weighted by atomic mass is 10.0. The Morgan fingerprint density at radius 1 is 1.14 bits per heavy atom. The van der Waals surface area contributed by atoms with Crippen LogP contribution in [0.3, 0.4) is 0 Å². The predicted molar refractivity (Wildman–Crippen MR) is 120 cm³/mol. The third-order valence-electron chi connectivity index (χ3n) is 6.12. The maximum Gasteiger partial charge on any atom is 0.161 e.